The molecule has 2 aromatic rings. The van der Waals surface area contributed by atoms with Gasteiger partial charge in [-0.3, -0.25) is 14.9 Å². The van der Waals surface area contributed by atoms with Crippen molar-refractivity contribution < 1.29 is 14.5 Å². The first kappa shape index (κ1) is 17.7. The number of non-ortho nitro benzene ring substituents is 1. The molecular weight excluding hydrogens is 332 g/mol. The Kier molecular flexibility index (Phi) is 5.31. The van der Waals surface area contributed by atoms with E-state index in [2.05, 4.69) is 11.4 Å². The van der Waals surface area contributed by atoms with Crippen molar-refractivity contribution in [2.24, 2.45) is 0 Å². The zero-order valence-corrected chi connectivity index (χ0v) is 14.5. The standard InChI is InChI=1S/C20H20N2O4/c1-14(12-16-4-8-19-17(13-16)10-11-26-19)21-20(23)9-5-15-2-6-18(7-3-15)22(24)25/h2-9,13-14H,10-12H2,1H3,(H,21,23). The highest BCUT2D eigenvalue weighted by Crippen LogP contribution is 2.26. The number of rotatable bonds is 6. The molecule has 3 rings (SSSR count). The van der Waals surface area contributed by atoms with Gasteiger partial charge in [-0.05, 0) is 54.3 Å². The third-order valence-electron chi connectivity index (χ3n) is 4.22. The molecule has 0 fully saturated rings. The summed E-state index contributed by atoms with van der Waals surface area (Å²) in [6, 6.07) is 12.2. The molecule has 0 saturated carbocycles. The highest BCUT2D eigenvalue weighted by Gasteiger charge is 2.13. The van der Waals surface area contributed by atoms with Gasteiger partial charge < -0.3 is 10.1 Å². The molecule has 1 N–H and O–H groups in total. The summed E-state index contributed by atoms with van der Waals surface area (Å²) in [6.45, 7) is 2.69. The van der Waals surface area contributed by atoms with Crippen LogP contribution in [0.2, 0.25) is 0 Å². The minimum atomic E-state index is -0.451. The normalized spacial score (nSPS) is 13.9. The Balaban J connectivity index is 1.53. The zero-order valence-electron chi connectivity index (χ0n) is 14.5. The van der Waals surface area contributed by atoms with Gasteiger partial charge >= 0.3 is 0 Å². The third-order valence-corrected chi connectivity index (χ3v) is 4.22. The number of carbonyl (C=O) groups excluding carboxylic acids is 1. The second kappa shape index (κ2) is 7.82. The highest BCUT2D eigenvalue weighted by molar-refractivity contribution is 5.91. The minimum Gasteiger partial charge on any atom is -0.493 e. The molecule has 1 unspecified atom stereocenters. The monoisotopic (exact) mass is 352 g/mol. The predicted octanol–water partition coefficient (Wildman–Crippen LogP) is 3.29. The van der Waals surface area contributed by atoms with Crippen molar-refractivity contribution >= 4 is 17.7 Å². The third kappa shape index (κ3) is 4.47. The van der Waals surface area contributed by atoms with E-state index in [1.807, 2.05) is 19.1 Å². The first-order chi connectivity index (χ1) is 12.5. The second-order valence-electron chi connectivity index (χ2n) is 6.34. The second-order valence-corrected chi connectivity index (χ2v) is 6.34. The van der Waals surface area contributed by atoms with Crippen LogP contribution in [0.15, 0.2) is 48.5 Å². The topological polar surface area (TPSA) is 81.5 Å². The van der Waals surface area contributed by atoms with Gasteiger partial charge in [0.15, 0.2) is 0 Å². The number of benzene rings is 2. The number of carbonyl (C=O) groups is 1. The maximum absolute atomic E-state index is 12.1. The van der Waals surface area contributed by atoms with E-state index >= 15 is 0 Å². The van der Waals surface area contributed by atoms with Crippen LogP contribution in [-0.2, 0) is 17.6 Å². The van der Waals surface area contributed by atoms with Crippen molar-refractivity contribution in [1.29, 1.82) is 0 Å². The number of nitro groups is 1. The van der Waals surface area contributed by atoms with Crippen LogP contribution in [0.3, 0.4) is 0 Å². The molecule has 1 aliphatic rings. The van der Waals surface area contributed by atoms with E-state index < -0.39 is 4.92 Å². The van der Waals surface area contributed by atoms with Crippen molar-refractivity contribution in [3.05, 3.63) is 75.3 Å². The first-order valence-electron chi connectivity index (χ1n) is 8.49. The first-order valence-corrected chi connectivity index (χ1v) is 8.49. The molecule has 134 valence electrons. The molecule has 6 heteroatoms. The minimum absolute atomic E-state index is 0.00983. The Labute approximate surface area is 151 Å². The van der Waals surface area contributed by atoms with E-state index in [1.54, 1.807) is 18.2 Å². The van der Waals surface area contributed by atoms with Crippen molar-refractivity contribution in [3.63, 3.8) is 0 Å². The Hall–Kier alpha value is -3.15. The van der Waals surface area contributed by atoms with Crippen LogP contribution >= 0.6 is 0 Å². The summed E-state index contributed by atoms with van der Waals surface area (Å²) >= 11 is 0. The van der Waals surface area contributed by atoms with E-state index in [0.717, 1.165) is 30.8 Å². The number of hydrogen-bond donors (Lipinski definition) is 1. The summed E-state index contributed by atoms with van der Waals surface area (Å²) in [5, 5.41) is 13.6. The molecule has 2 aromatic carbocycles. The SMILES string of the molecule is CC(Cc1ccc2c(c1)CCO2)NC(=O)C=Cc1ccc([N+](=O)[O-])cc1. The summed E-state index contributed by atoms with van der Waals surface area (Å²) in [5.41, 5.74) is 3.15. The van der Waals surface area contributed by atoms with Crippen molar-refractivity contribution in [1.82, 2.24) is 5.32 Å². The van der Waals surface area contributed by atoms with Crippen molar-refractivity contribution in [2.45, 2.75) is 25.8 Å². The molecule has 1 atom stereocenters. The largest absolute Gasteiger partial charge is 0.493 e. The van der Waals surface area contributed by atoms with E-state index in [4.69, 9.17) is 4.74 Å². The molecule has 1 heterocycles. The number of nitro benzene ring substituents is 1. The average Bonchev–Trinajstić information content (AvgIpc) is 3.08. The Morgan fingerprint density at radius 2 is 2.08 bits per heavy atom. The van der Waals surface area contributed by atoms with Gasteiger partial charge in [0.2, 0.25) is 5.91 Å². The number of nitrogens with one attached hydrogen (secondary N) is 1. The smallest absolute Gasteiger partial charge is 0.269 e. The number of hydrogen-bond acceptors (Lipinski definition) is 4. The van der Waals surface area contributed by atoms with E-state index in [-0.39, 0.29) is 17.6 Å². The van der Waals surface area contributed by atoms with Crippen molar-refractivity contribution in [2.75, 3.05) is 6.61 Å². The fourth-order valence-corrected chi connectivity index (χ4v) is 2.94. The van der Waals surface area contributed by atoms with Gasteiger partial charge in [0.05, 0.1) is 11.5 Å². The van der Waals surface area contributed by atoms with E-state index in [9.17, 15) is 14.9 Å². The van der Waals surface area contributed by atoms with E-state index in [0.29, 0.717) is 0 Å². The molecule has 0 bridgehead atoms. The molecule has 0 radical (unpaired) electrons. The van der Waals surface area contributed by atoms with Gasteiger partial charge in [-0.25, -0.2) is 0 Å². The Morgan fingerprint density at radius 1 is 1.31 bits per heavy atom. The Morgan fingerprint density at radius 3 is 2.81 bits per heavy atom. The maximum Gasteiger partial charge on any atom is 0.269 e. The van der Waals surface area contributed by atoms with Gasteiger partial charge in [0.25, 0.3) is 5.69 Å². The molecule has 0 aromatic heterocycles. The maximum atomic E-state index is 12.1. The van der Waals surface area contributed by atoms with Gasteiger partial charge in [0.1, 0.15) is 5.75 Å². The zero-order chi connectivity index (χ0) is 18.5. The number of nitrogens with zero attached hydrogens (tertiary/aromatic N) is 1. The number of amides is 1. The van der Waals surface area contributed by atoms with Crippen LogP contribution < -0.4 is 10.1 Å². The lowest BCUT2D eigenvalue weighted by Gasteiger charge is -2.13. The van der Waals surface area contributed by atoms with Crippen LogP contribution in [0.5, 0.6) is 5.75 Å². The fraction of sp³-hybridized carbons (Fsp3) is 0.250. The summed E-state index contributed by atoms with van der Waals surface area (Å²) < 4.78 is 5.50. The molecule has 6 nitrogen and oxygen atoms in total. The summed E-state index contributed by atoms with van der Waals surface area (Å²) in [6.07, 6.45) is 4.75. The van der Waals surface area contributed by atoms with Gasteiger partial charge in [-0.1, -0.05) is 12.1 Å². The number of fused-ring (bicyclic) bond motifs is 1. The molecule has 26 heavy (non-hydrogen) atoms. The average molecular weight is 352 g/mol. The van der Waals surface area contributed by atoms with Gasteiger partial charge in [-0.2, -0.15) is 0 Å². The van der Waals surface area contributed by atoms with Crippen LogP contribution in [0.4, 0.5) is 5.69 Å². The Bertz CT molecular complexity index is 843. The predicted molar refractivity (Wildman–Crippen MR) is 99.1 cm³/mol. The summed E-state index contributed by atoms with van der Waals surface area (Å²) in [7, 11) is 0. The van der Waals surface area contributed by atoms with Crippen LogP contribution in [-0.4, -0.2) is 23.5 Å². The number of ether oxygens (including phenoxy) is 1. The fourth-order valence-electron chi connectivity index (χ4n) is 2.94. The van der Waals surface area contributed by atoms with Crippen LogP contribution in [0.1, 0.15) is 23.6 Å². The molecule has 1 amide bonds. The van der Waals surface area contributed by atoms with E-state index in [1.165, 1.54) is 29.3 Å². The highest BCUT2D eigenvalue weighted by atomic mass is 16.6. The van der Waals surface area contributed by atoms with Crippen LogP contribution in [0.25, 0.3) is 6.08 Å². The molecule has 0 spiro atoms. The molecule has 0 saturated heterocycles. The summed E-state index contributed by atoms with van der Waals surface area (Å²) in [4.78, 5) is 22.2. The molecule has 0 aliphatic carbocycles. The molecule has 1 aliphatic heterocycles. The quantitative estimate of drug-likeness (QED) is 0.491. The van der Waals surface area contributed by atoms with Crippen LogP contribution in [0, 0.1) is 10.1 Å². The lowest BCUT2D eigenvalue weighted by Crippen LogP contribution is -2.32. The summed E-state index contributed by atoms with van der Waals surface area (Å²) in [5.74, 6) is 0.761. The van der Waals surface area contributed by atoms with Crippen molar-refractivity contribution in [3.8, 4) is 5.75 Å². The van der Waals surface area contributed by atoms with Gasteiger partial charge in [0, 0.05) is 30.7 Å². The lowest BCUT2D eigenvalue weighted by molar-refractivity contribution is -0.384. The molecular formula is C20H20N2O4. The van der Waals surface area contributed by atoms with Gasteiger partial charge in [-0.15, -0.1) is 0 Å². The lowest BCUT2D eigenvalue weighted by atomic mass is 10.0.